The van der Waals surface area contributed by atoms with Gasteiger partial charge in [-0.15, -0.1) is 0 Å². The molecule has 0 saturated heterocycles. The van der Waals surface area contributed by atoms with Crippen LogP contribution < -0.4 is 11.3 Å². The molecular weight excluding hydrogens is 263 g/mol. The summed E-state index contributed by atoms with van der Waals surface area (Å²) < 4.78 is 14.0. The minimum atomic E-state index is -0.877. The molecule has 0 fully saturated rings. The molecule has 2 rings (SSSR count). The fourth-order valence-electron chi connectivity index (χ4n) is 2.01. The highest BCUT2D eigenvalue weighted by Crippen LogP contribution is 2.19. The van der Waals surface area contributed by atoms with Crippen molar-refractivity contribution in [2.24, 2.45) is 12.8 Å². The van der Waals surface area contributed by atoms with Gasteiger partial charge < -0.3 is 15.4 Å². The molecule has 0 spiro atoms. The molecule has 2 aromatic rings. The summed E-state index contributed by atoms with van der Waals surface area (Å²) in [7, 11) is 1.46. The van der Waals surface area contributed by atoms with Crippen LogP contribution in [0.15, 0.2) is 35.3 Å². The minimum Gasteiger partial charge on any atom is -0.502 e. The van der Waals surface area contributed by atoms with Crippen molar-refractivity contribution >= 4 is 5.91 Å². The van der Waals surface area contributed by atoms with Gasteiger partial charge in [-0.2, -0.15) is 0 Å². The molecule has 0 bridgehead atoms. The summed E-state index contributed by atoms with van der Waals surface area (Å²) in [5, 5.41) is 9.76. The zero-order chi connectivity index (χ0) is 14.9. The van der Waals surface area contributed by atoms with Crippen LogP contribution in [-0.2, 0) is 13.5 Å². The van der Waals surface area contributed by atoms with E-state index in [9.17, 15) is 19.1 Å². The fraction of sp³-hybridized carbons (Fsp3) is 0.143. The van der Waals surface area contributed by atoms with Crippen LogP contribution in [0.25, 0.3) is 0 Å². The predicted octanol–water partition coefficient (Wildman–Crippen LogP) is 0.920. The van der Waals surface area contributed by atoms with Gasteiger partial charge in [0.05, 0.1) is 5.56 Å². The number of amides is 1. The lowest BCUT2D eigenvalue weighted by Crippen LogP contribution is -2.24. The number of aryl methyl sites for hydroxylation is 1. The zero-order valence-corrected chi connectivity index (χ0v) is 10.8. The second-order valence-electron chi connectivity index (χ2n) is 4.46. The highest BCUT2D eigenvalue weighted by Gasteiger charge is 2.18. The van der Waals surface area contributed by atoms with Crippen LogP contribution in [0, 0.1) is 5.82 Å². The SMILES string of the molecule is Cn1cc(Cc2ccc(F)cc2)c(C(N)=O)c(O)c1=O. The third kappa shape index (κ3) is 2.54. The number of hydrogen-bond donors (Lipinski definition) is 2. The zero-order valence-electron chi connectivity index (χ0n) is 10.8. The van der Waals surface area contributed by atoms with E-state index in [0.29, 0.717) is 5.56 Å². The van der Waals surface area contributed by atoms with Gasteiger partial charge in [0.15, 0.2) is 5.75 Å². The summed E-state index contributed by atoms with van der Waals surface area (Å²) in [5.74, 6) is -1.91. The Bertz CT molecular complexity index is 720. The number of pyridine rings is 1. The van der Waals surface area contributed by atoms with Crippen LogP contribution in [0.5, 0.6) is 5.75 Å². The number of nitrogens with zero attached hydrogens (tertiary/aromatic N) is 1. The first-order valence-corrected chi connectivity index (χ1v) is 5.86. The van der Waals surface area contributed by atoms with E-state index in [1.807, 2.05) is 0 Å². The first-order valence-electron chi connectivity index (χ1n) is 5.86. The van der Waals surface area contributed by atoms with Crippen LogP contribution in [0.4, 0.5) is 4.39 Å². The maximum atomic E-state index is 12.9. The number of carbonyl (C=O) groups is 1. The average Bonchev–Trinajstić information content (AvgIpc) is 2.38. The fourth-order valence-corrected chi connectivity index (χ4v) is 2.01. The first kappa shape index (κ1) is 13.8. The summed E-state index contributed by atoms with van der Waals surface area (Å²) in [6.45, 7) is 0. The van der Waals surface area contributed by atoms with E-state index in [-0.39, 0.29) is 17.8 Å². The second kappa shape index (κ2) is 5.16. The largest absolute Gasteiger partial charge is 0.502 e. The monoisotopic (exact) mass is 276 g/mol. The van der Waals surface area contributed by atoms with Gasteiger partial charge in [-0.25, -0.2) is 4.39 Å². The third-order valence-electron chi connectivity index (χ3n) is 2.98. The standard InChI is InChI=1S/C14H13FN2O3/c1-17-7-9(6-8-2-4-10(15)5-3-8)11(13(16)19)12(18)14(17)20/h2-5,7,18H,6H2,1H3,(H2,16,19). The van der Waals surface area contributed by atoms with Crippen LogP contribution in [-0.4, -0.2) is 15.6 Å². The number of aromatic nitrogens is 1. The Morgan fingerprint density at radius 2 is 1.95 bits per heavy atom. The van der Waals surface area contributed by atoms with Gasteiger partial charge in [0.25, 0.3) is 11.5 Å². The Morgan fingerprint density at radius 1 is 1.35 bits per heavy atom. The maximum Gasteiger partial charge on any atom is 0.293 e. The van der Waals surface area contributed by atoms with Gasteiger partial charge in [0, 0.05) is 13.2 Å². The van der Waals surface area contributed by atoms with E-state index >= 15 is 0 Å². The van der Waals surface area contributed by atoms with Crippen LogP contribution in [0.3, 0.4) is 0 Å². The molecule has 0 atom stereocenters. The molecule has 1 aromatic carbocycles. The summed E-state index contributed by atoms with van der Waals surface area (Å²) >= 11 is 0. The number of nitrogens with two attached hydrogens (primary N) is 1. The van der Waals surface area contributed by atoms with Crippen molar-refractivity contribution in [3.8, 4) is 5.75 Å². The van der Waals surface area contributed by atoms with Gasteiger partial charge in [0.1, 0.15) is 5.82 Å². The number of aromatic hydroxyl groups is 1. The normalized spacial score (nSPS) is 10.5. The molecule has 1 aromatic heterocycles. The number of hydrogen-bond acceptors (Lipinski definition) is 3. The summed E-state index contributed by atoms with van der Waals surface area (Å²) in [5.41, 5.74) is 5.45. The molecular formula is C14H13FN2O3. The first-order chi connectivity index (χ1) is 9.40. The Labute approximate surface area is 114 Å². The highest BCUT2D eigenvalue weighted by molar-refractivity contribution is 5.97. The van der Waals surface area contributed by atoms with E-state index in [1.54, 1.807) is 12.1 Å². The maximum absolute atomic E-state index is 12.9. The number of rotatable bonds is 3. The number of benzene rings is 1. The molecule has 20 heavy (non-hydrogen) atoms. The lowest BCUT2D eigenvalue weighted by molar-refractivity contribution is 0.0996. The van der Waals surface area contributed by atoms with Crippen molar-refractivity contribution in [2.45, 2.75) is 6.42 Å². The van der Waals surface area contributed by atoms with Crippen molar-refractivity contribution in [1.29, 1.82) is 0 Å². The molecule has 0 aliphatic heterocycles. The second-order valence-corrected chi connectivity index (χ2v) is 4.46. The molecule has 0 aliphatic rings. The van der Waals surface area contributed by atoms with Crippen molar-refractivity contribution in [3.05, 3.63) is 63.3 Å². The van der Waals surface area contributed by atoms with E-state index in [0.717, 1.165) is 5.56 Å². The number of halogens is 1. The minimum absolute atomic E-state index is 0.197. The van der Waals surface area contributed by atoms with Gasteiger partial charge in [-0.1, -0.05) is 12.1 Å². The van der Waals surface area contributed by atoms with Crippen molar-refractivity contribution < 1.29 is 14.3 Å². The molecule has 1 heterocycles. The van der Waals surface area contributed by atoms with Gasteiger partial charge in [-0.3, -0.25) is 9.59 Å². The third-order valence-corrected chi connectivity index (χ3v) is 2.98. The molecule has 5 nitrogen and oxygen atoms in total. The molecule has 1 amide bonds. The van der Waals surface area contributed by atoms with Crippen LogP contribution in [0.2, 0.25) is 0 Å². The van der Waals surface area contributed by atoms with E-state index in [2.05, 4.69) is 0 Å². The molecule has 6 heteroatoms. The molecule has 0 unspecified atom stereocenters. The van der Waals surface area contributed by atoms with E-state index < -0.39 is 17.2 Å². The summed E-state index contributed by atoms with van der Waals surface area (Å²) in [6, 6.07) is 5.70. The van der Waals surface area contributed by atoms with Crippen molar-refractivity contribution in [3.63, 3.8) is 0 Å². The Hall–Kier alpha value is -2.63. The Kier molecular flexibility index (Phi) is 3.56. The molecule has 3 N–H and O–H groups in total. The number of carbonyl (C=O) groups excluding carboxylic acids is 1. The molecule has 104 valence electrons. The van der Waals surface area contributed by atoms with Crippen LogP contribution >= 0.6 is 0 Å². The smallest absolute Gasteiger partial charge is 0.293 e. The number of primary amides is 1. The highest BCUT2D eigenvalue weighted by atomic mass is 19.1. The van der Waals surface area contributed by atoms with Crippen molar-refractivity contribution in [2.75, 3.05) is 0 Å². The van der Waals surface area contributed by atoms with E-state index in [4.69, 9.17) is 5.73 Å². The van der Waals surface area contributed by atoms with Gasteiger partial charge >= 0.3 is 0 Å². The molecule has 0 radical (unpaired) electrons. The van der Waals surface area contributed by atoms with Gasteiger partial charge in [-0.05, 0) is 29.7 Å². The lowest BCUT2D eigenvalue weighted by Gasteiger charge is -2.11. The predicted molar refractivity (Wildman–Crippen MR) is 71.1 cm³/mol. The lowest BCUT2D eigenvalue weighted by atomic mass is 10.0. The van der Waals surface area contributed by atoms with E-state index in [1.165, 1.54) is 29.9 Å². The molecule has 0 saturated carbocycles. The average molecular weight is 276 g/mol. The van der Waals surface area contributed by atoms with Crippen LogP contribution in [0.1, 0.15) is 21.5 Å². The quantitative estimate of drug-likeness (QED) is 0.874. The van der Waals surface area contributed by atoms with Gasteiger partial charge in [0.2, 0.25) is 0 Å². The summed E-state index contributed by atoms with van der Waals surface area (Å²) in [6.07, 6.45) is 1.69. The summed E-state index contributed by atoms with van der Waals surface area (Å²) in [4.78, 5) is 23.0. The topological polar surface area (TPSA) is 85.3 Å². The Morgan fingerprint density at radius 3 is 2.50 bits per heavy atom. The Balaban J connectivity index is 2.53. The molecule has 0 aliphatic carbocycles. The van der Waals surface area contributed by atoms with Crippen molar-refractivity contribution in [1.82, 2.24) is 4.57 Å².